The normalized spacial score (nSPS) is 29.6. The molecule has 14 heavy (non-hydrogen) atoms. The highest BCUT2D eigenvalue weighted by molar-refractivity contribution is 5.77. The summed E-state index contributed by atoms with van der Waals surface area (Å²) in [6, 6.07) is 0. The van der Waals surface area contributed by atoms with Crippen molar-refractivity contribution < 1.29 is 4.79 Å². The van der Waals surface area contributed by atoms with Crippen molar-refractivity contribution in [3.05, 3.63) is 0 Å². The van der Waals surface area contributed by atoms with Gasteiger partial charge in [-0.2, -0.15) is 0 Å². The van der Waals surface area contributed by atoms with E-state index in [0.29, 0.717) is 12.3 Å². The Morgan fingerprint density at radius 3 is 2.93 bits per heavy atom. The van der Waals surface area contributed by atoms with Crippen LogP contribution in [0.1, 0.15) is 39.0 Å². The van der Waals surface area contributed by atoms with Crippen LogP contribution in [0.15, 0.2) is 0 Å². The van der Waals surface area contributed by atoms with Crippen LogP contribution in [0.25, 0.3) is 0 Å². The van der Waals surface area contributed by atoms with Crippen LogP contribution in [0.4, 0.5) is 0 Å². The maximum absolute atomic E-state index is 11.6. The van der Waals surface area contributed by atoms with E-state index in [9.17, 15) is 4.79 Å². The Morgan fingerprint density at radius 1 is 1.57 bits per heavy atom. The fraction of sp³-hybridized carbons (Fsp3) is 0.909. The van der Waals surface area contributed by atoms with Gasteiger partial charge in [0.05, 0.1) is 0 Å². The van der Waals surface area contributed by atoms with Gasteiger partial charge in [0.1, 0.15) is 0 Å². The summed E-state index contributed by atoms with van der Waals surface area (Å²) in [7, 11) is 0. The van der Waals surface area contributed by atoms with Crippen molar-refractivity contribution in [1.29, 1.82) is 0 Å². The van der Waals surface area contributed by atoms with Crippen LogP contribution < -0.4 is 10.6 Å². The average molecular weight is 196 g/mol. The molecule has 0 radical (unpaired) electrons. The number of carbonyl (C=O) groups excluding carboxylic acids is 1. The fourth-order valence-corrected chi connectivity index (χ4v) is 2.06. The molecular weight excluding hydrogens is 176 g/mol. The van der Waals surface area contributed by atoms with Gasteiger partial charge in [0.2, 0.25) is 5.91 Å². The van der Waals surface area contributed by atoms with Crippen LogP contribution in [-0.4, -0.2) is 24.5 Å². The summed E-state index contributed by atoms with van der Waals surface area (Å²) in [6.07, 6.45) is 5.44. The Hall–Kier alpha value is -0.570. The lowest BCUT2D eigenvalue weighted by Crippen LogP contribution is -2.38. The van der Waals surface area contributed by atoms with Crippen molar-refractivity contribution in [2.45, 2.75) is 44.6 Å². The molecule has 0 aromatic rings. The summed E-state index contributed by atoms with van der Waals surface area (Å²) in [6.45, 7) is 4.27. The summed E-state index contributed by atoms with van der Waals surface area (Å²) >= 11 is 0. The molecule has 80 valence electrons. The molecule has 2 N–H and O–H groups in total. The number of rotatable bonds is 3. The molecule has 1 atom stereocenters. The van der Waals surface area contributed by atoms with Crippen molar-refractivity contribution in [3.63, 3.8) is 0 Å². The van der Waals surface area contributed by atoms with Crippen LogP contribution in [0.3, 0.4) is 0 Å². The lowest BCUT2D eigenvalue weighted by molar-refractivity contribution is -0.123. The van der Waals surface area contributed by atoms with Crippen LogP contribution >= 0.6 is 0 Å². The van der Waals surface area contributed by atoms with Gasteiger partial charge in [0, 0.05) is 12.0 Å². The van der Waals surface area contributed by atoms with Gasteiger partial charge in [-0.05, 0) is 51.6 Å². The van der Waals surface area contributed by atoms with Crippen LogP contribution in [0.2, 0.25) is 0 Å². The first-order chi connectivity index (χ1) is 6.68. The minimum absolute atomic E-state index is 0.152. The highest BCUT2D eigenvalue weighted by atomic mass is 16.1. The molecule has 1 amide bonds. The first-order valence-corrected chi connectivity index (χ1v) is 5.70. The first kappa shape index (κ1) is 9.97. The smallest absolute Gasteiger partial charge is 0.220 e. The number of nitrogens with one attached hydrogen (secondary N) is 2. The predicted molar refractivity (Wildman–Crippen MR) is 56.0 cm³/mol. The lowest BCUT2D eigenvalue weighted by atomic mass is 9.96. The molecule has 1 heterocycles. The molecule has 3 heteroatoms. The molecule has 0 aromatic carbocycles. The largest absolute Gasteiger partial charge is 0.351 e. The van der Waals surface area contributed by atoms with E-state index < -0.39 is 0 Å². The topological polar surface area (TPSA) is 41.1 Å². The molecule has 1 aliphatic heterocycles. The maximum Gasteiger partial charge on any atom is 0.220 e. The van der Waals surface area contributed by atoms with Crippen molar-refractivity contribution in [2.75, 3.05) is 13.1 Å². The summed E-state index contributed by atoms with van der Waals surface area (Å²) in [5.74, 6) is 0.810. The third-order valence-electron chi connectivity index (χ3n) is 3.31. The van der Waals surface area contributed by atoms with E-state index in [0.717, 1.165) is 25.9 Å². The Kier molecular flexibility index (Phi) is 2.77. The number of amides is 1. The summed E-state index contributed by atoms with van der Waals surface area (Å²) in [5, 5.41) is 6.45. The van der Waals surface area contributed by atoms with Crippen molar-refractivity contribution >= 4 is 5.91 Å². The standard InChI is InChI=1S/C11H20N2O/c1-11(4-5-11)13-10(14)7-9-3-2-6-12-8-9/h9,12H,2-8H2,1H3,(H,13,14). The van der Waals surface area contributed by atoms with Gasteiger partial charge >= 0.3 is 0 Å². The molecule has 1 saturated heterocycles. The Labute approximate surface area is 85.6 Å². The van der Waals surface area contributed by atoms with Crippen molar-refractivity contribution in [2.24, 2.45) is 5.92 Å². The van der Waals surface area contributed by atoms with Gasteiger partial charge < -0.3 is 10.6 Å². The summed E-state index contributed by atoms with van der Waals surface area (Å²) in [4.78, 5) is 11.6. The van der Waals surface area contributed by atoms with Gasteiger partial charge in [-0.25, -0.2) is 0 Å². The Morgan fingerprint density at radius 2 is 2.36 bits per heavy atom. The number of piperidine rings is 1. The minimum atomic E-state index is 0.152. The first-order valence-electron chi connectivity index (χ1n) is 5.70. The monoisotopic (exact) mass is 196 g/mol. The molecule has 0 aromatic heterocycles. The fourth-order valence-electron chi connectivity index (χ4n) is 2.06. The van der Waals surface area contributed by atoms with E-state index in [4.69, 9.17) is 0 Å². The average Bonchev–Trinajstić information content (AvgIpc) is 2.84. The van der Waals surface area contributed by atoms with Gasteiger partial charge in [-0.15, -0.1) is 0 Å². The molecule has 2 fully saturated rings. The van der Waals surface area contributed by atoms with Gasteiger partial charge in [-0.3, -0.25) is 4.79 Å². The molecule has 1 saturated carbocycles. The SMILES string of the molecule is CC1(NC(=O)CC2CCCNC2)CC1. The van der Waals surface area contributed by atoms with E-state index in [1.807, 2.05) is 0 Å². The highest BCUT2D eigenvalue weighted by Crippen LogP contribution is 2.34. The van der Waals surface area contributed by atoms with Crippen LogP contribution in [-0.2, 0) is 4.79 Å². The van der Waals surface area contributed by atoms with Gasteiger partial charge in [-0.1, -0.05) is 0 Å². The zero-order valence-electron chi connectivity index (χ0n) is 8.94. The Balaban J connectivity index is 1.70. The zero-order chi connectivity index (χ0) is 10.0. The van der Waals surface area contributed by atoms with Gasteiger partial charge in [0.15, 0.2) is 0 Å². The van der Waals surface area contributed by atoms with E-state index in [2.05, 4.69) is 17.6 Å². The molecule has 1 unspecified atom stereocenters. The van der Waals surface area contributed by atoms with Crippen LogP contribution in [0, 0.1) is 5.92 Å². The second kappa shape index (κ2) is 3.89. The number of hydrogen-bond donors (Lipinski definition) is 2. The molecule has 2 rings (SSSR count). The highest BCUT2D eigenvalue weighted by Gasteiger charge is 2.38. The Bertz CT molecular complexity index is 217. The van der Waals surface area contributed by atoms with Crippen molar-refractivity contribution in [3.8, 4) is 0 Å². The molecule has 3 nitrogen and oxygen atoms in total. The van der Waals surface area contributed by atoms with Gasteiger partial charge in [0.25, 0.3) is 0 Å². The quantitative estimate of drug-likeness (QED) is 0.708. The van der Waals surface area contributed by atoms with E-state index in [-0.39, 0.29) is 11.4 Å². The maximum atomic E-state index is 11.6. The molecule has 0 spiro atoms. The van der Waals surface area contributed by atoms with E-state index >= 15 is 0 Å². The summed E-state index contributed by atoms with van der Waals surface area (Å²) in [5.41, 5.74) is 0.152. The van der Waals surface area contributed by atoms with E-state index in [1.54, 1.807) is 0 Å². The number of carbonyl (C=O) groups is 1. The zero-order valence-corrected chi connectivity index (χ0v) is 8.94. The third kappa shape index (κ3) is 2.71. The lowest BCUT2D eigenvalue weighted by Gasteiger charge is -2.23. The number of hydrogen-bond acceptors (Lipinski definition) is 2. The molecular formula is C11H20N2O. The van der Waals surface area contributed by atoms with Crippen LogP contribution in [0.5, 0.6) is 0 Å². The molecule has 2 aliphatic rings. The van der Waals surface area contributed by atoms with E-state index in [1.165, 1.54) is 12.8 Å². The predicted octanol–water partition coefficient (Wildman–Crippen LogP) is 1.04. The summed E-state index contributed by atoms with van der Waals surface area (Å²) < 4.78 is 0. The molecule has 1 aliphatic carbocycles. The van der Waals surface area contributed by atoms with Crippen molar-refractivity contribution in [1.82, 2.24) is 10.6 Å². The molecule has 0 bridgehead atoms. The second-order valence-corrected chi connectivity index (χ2v) is 5.03. The minimum Gasteiger partial charge on any atom is -0.351 e. The third-order valence-corrected chi connectivity index (χ3v) is 3.31. The second-order valence-electron chi connectivity index (χ2n) is 5.03.